The summed E-state index contributed by atoms with van der Waals surface area (Å²) in [5.74, 6) is 0.209. The number of sulfone groups is 1. The first-order chi connectivity index (χ1) is 11.1. The first-order valence-corrected chi connectivity index (χ1v) is 10.5. The largest absolute Gasteiger partial charge is 0.315 e. The summed E-state index contributed by atoms with van der Waals surface area (Å²) in [4.78, 5) is 2.49. The van der Waals surface area contributed by atoms with E-state index in [0.717, 1.165) is 32.6 Å². The zero-order valence-corrected chi connectivity index (χ0v) is 16.3. The number of hydrogen-bond donors (Lipinski definition) is 1. The number of nitrogens with zero attached hydrogens (tertiary/aromatic N) is 1. The third kappa shape index (κ3) is 5.30. The van der Waals surface area contributed by atoms with E-state index in [1.165, 1.54) is 5.56 Å². The van der Waals surface area contributed by atoms with Gasteiger partial charge in [0.1, 0.15) is 0 Å². The third-order valence-electron chi connectivity index (χ3n) is 4.92. The van der Waals surface area contributed by atoms with E-state index in [0.29, 0.717) is 6.54 Å². The van der Waals surface area contributed by atoms with Crippen LogP contribution in [-0.4, -0.2) is 50.0 Å². The molecule has 2 rings (SSSR count). The minimum atomic E-state index is -3.04. The molecule has 0 amide bonds. The molecule has 4 nitrogen and oxygen atoms in total. The average Bonchev–Trinajstić information content (AvgIpc) is 2.85. The van der Waals surface area contributed by atoms with Crippen molar-refractivity contribution in [1.29, 1.82) is 0 Å². The Morgan fingerprint density at radius 3 is 2.50 bits per heavy atom. The molecule has 0 radical (unpaired) electrons. The number of likely N-dealkylation sites (tertiary alicyclic amines) is 1. The molecule has 1 heterocycles. The Balaban J connectivity index is 1.75. The number of nitrogens with one attached hydrogen (secondary N) is 1. The van der Waals surface area contributed by atoms with E-state index in [4.69, 9.17) is 0 Å². The first kappa shape index (κ1) is 19.4. The Kier molecular flexibility index (Phi) is 6.10. The van der Waals surface area contributed by atoms with Gasteiger partial charge < -0.3 is 5.32 Å². The average molecular weight is 353 g/mol. The third-order valence-corrected chi connectivity index (χ3v) is 7.53. The highest BCUT2D eigenvalue weighted by molar-refractivity contribution is 7.92. The van der Waals surface area contributed by atoms with Crippen molar-refractivity contribution in [1.82, 2.24) is 10.2 Å². The summed E-state index contributed by atoms with van der Waals surface area (Å²) in [7, 11) is -3.04. The highest BCUT2D eigenvalue weighted by atomic mass is 32.2. The van der Waals surface area contributed by atoms with Gasteiger partial charge in [-0.25, -0.2) is 8.42 Å². The van der Waals surface area contributed by atoms with Crippen LogP contribution in [0.15, 0.2) is 30.3 Å². The molecule has 0 aliphatic carbocycles. The van der Waals surface area contributed by atoms with E-state index in [1.807, 2.05) is 6.07 Å². The minimum Gasteiger partial charge on any atom is -0.315 e. The Morgan fingerprint density at radius 1 is 1.21 bits per heavy atom. The van der Waals surface area contributed by atoms with Crippen LogP contribution in [0.5, 0.6) is 0 Å². The quantitative estimate of drug-likeness (QED) is 0.767. The lowest BCUT2D eigenvalue weighted by atomic mass is 9.90. The molecule has 1 unspecified atom stereocenters. The zero-order chi connectivity index (χ0) is 17.8. The van der Waals surface area contributed by atoms with E-state index < -0.39 is 14.6 Å². The predicted octanol–water partition coefficient (Wildman–Crippen LogP) is 2.70. The molecule has 0 aromatic heterocycles. The summed E-state index contributed by atoms with van der Waals surface area (Å²) >= 11 is 0. The van der Waals surface area contributed by atoms with Crippen molar-refractivity contribution >= 4 is 9.84 Å². The van der Waals surface area contributed by atoms with Crippen LogP contribution in [0.25, 0.3) is 0 Å². The smallest absolute Gasteiger partial charge is 0.156 e. The summed E-state index contributed by atoms with van der Waals surface area (Å²) < 4.78 is 23.6. The maximum Gasteiger partial charge on any atom is 0.156 e. The molecule has 1 saturated heterocycles. The molecule has 1 N–H and O–H groups in total. The van der Waals surface area contributed by atoms with Crippen LogP contribution in [0, 0.1) is 5.41 Å². The monoisotopic (exact) mass is 352 g/mol. The van der Waals surface area contributed by atoms with Crippen molar-refractivity contribution in [2.45, 2.75) is 45.4 Å². The van der Waals surface area contributed by atoms with Crippen molar-refractivity contribution in [2.75, 3.05) is 31.9 Å². The SMILES string of the molecule is CC1(CNCCS(=O)(=O)C(C)(C)C)CCN(Cc2ccccc2)C1. The number of hydrogen-bond acceptors (Lipinski definition) is 4. The molecule has 1 aliphatic heterocycles. The van der Waals surface area contributed by atoms with E-state index in [-0.39, 0.29) is 11.2 Å². The van der Waals surface area contributed by atoms with Crippen LogP contribution >= 0.6 is 0 Å². The zero-order valence-electron chi connectivity index (χ0n) is 15.5. The fourth-order valence-electron chi connectivity index (χ4n) is 3.15. The number of benzene rings is 1. The van der Waals surface area contributed by atoms with Crippen LogP contribution in [-0.2, 0) is 16.4 Å². The standard InChI is InChI=1S/C19H32N2O2S/c1-18(2,3)24(22,23)13-11-20-15-19(4)10-12-21(16-19)14-17-8-6-5-7-9-17/h5-9,20H,10-16H2,1-4H3. The van der Waals surface area contributed by atoms with E-state index >= 15 is 0 Å². The van der Waals surface area contributed by atoms with Gasteiger partial charge in [0.2, 0.25) is 0 Å². The summed E-state index contributed by atoms with van der Waals surface area (Å²) in [6, 6.07) is 10.6. The second kappa shape index (κ2) is 7.54. The Bertz CT molecular complexity index is 623. The molecule has 0 spiro atoms. The van der Waals surface area contributed by atoms with Gasteiger partial charge in [-0.2, -0.15) is 0 Å². The molecular formula is C19H32N2O2S. The molecule has 136 valence electrons. The molecule has 1 aromatic carbocycles. The van der Waals surface area contributed by atoms with Gasteiger partial charge in [-0.05, 0) is 44.7 Å². The fourth-order valence-corrected chi connectivity index (χ4v) is 4.18. The summed E-state index contributed by atoms with van der Waals surface area (Å²) in [5.41, 5.74) is 1.58. The molecule has 1 aromatic rings. The van der Waals surface area contributed by atoms with Gasteiger partial charge in [0.15, 0.2) is 9.84 Å². The lowest BCUT2D eigenvalue weighted by Gasteiger charge is -2.26. The lowest BCUT2D eigenvalue weighted by molar-refractivity contribution is 0.263. The Hall–Kier alpha value is -0.910. The van der Waals surface area contributed by atoms with Gasteiger partial charge in [-0.3, -0.25) is 4.90 Å². The summed E-state index contributed by atoms with van der Waals surface area (Å²) in [6.07, 6.45) is 1.15. The van der Waals surface area contributed by atoms with E-state index in [9.17, 15) is 8.42 Å². The molecule has 24 heavy (non-hydrogen) atoms. The Morgan fingerprint density at radius 2 is 1.88 bits per heavy atom. The van der Waals surface area contributed by atoms with Crippen LogP contribution in [0.4, 0.5) is 0 Å². The molecule has 0 bridgehead atoms. The van der Waals surface area contributed by atoms with Crippen LogP contribution < -0.4 is 5.32 Å². The fraction of sp³-hybridized carbons (Fsp3) is 0.684. The topological polar surface area (TPSA) is 49.4 Å². The van der Waals surface area contributed by atoms with Gasteiger partial charge in [0.05, 0.1) is 10.5 Å². The lowest BCUT2D eigenvalue weighted by Crippen LogP contribution is -2.39. The molecule has 0 saturated carbocycles. The van der Waals surface area contributed by atoms with Gasteiger partial charge in [0, 0.05) is 26.2 Å². The van der Waals surface area contributed by atoms with Gasteiger partial charge in [-0.15, -0.1) is 0 Å². The van der Waals surface area contributed by atoms with Crippen molar-refractivity contribution in [3.05, 3.63) is 35.9 Å². The second-order valence-electron chi connectivity index (χ2n) is 8.36. The van der Waals surface area contributed by atoms with Crippen molar-refractivity contribution < 1.29 is 8.42 Å². The Labute approximate surface area is 147 Å². The second-order valence-corrected chi connectivity index (χ2v) is 11.2. The van der Waals surface area contributed by atoms with Crippen molar-refractivity contribution in [3.63, 3.8) is 0 Å². The normalized spacial score (nSPS) is 22.8. The van der Waals surface area contributed by atoms with Crippen LogP contribution in [0.1, 0.15) is 39.7 Å². The molecule has 5 heteroatoms. The summed E-state index contributed by atoms with van der Waals surface area (Å²) in [6.45, 7) is 12.2. The molecule has 1 atom stereocenters. The van der Waals surface area contributed by atoms with Crippen molar-refractivity contribution in [3.8, 4) is 0 Å². The molecule has 1 aliphatic rings. The maximum atomic E-state index is 12.1. The van der Waals surface area contributed by atoms with Gasteiger partial charge in [0.25, 0.3) is 0 Å². The van der Waals surface area contributed by atoms with Gasteiger partial charge in [-0.1, -0.05) is 37.3 Å². The van der Waals surface area contributed by atoms with Crippen LogP contribution in [0.2, 0.25) is 0 Å². The predicted molar refractivity (Wildman–Crippen MR) is 101 cm³/mol. The highest BCUT2D eigenvalue weighted by Crippen LogP contribution is 2.30. The van der Waals surface area contributed by atoms with E-state index in [1.54, 1.807) is 20.8 Å². The van der Waals surface area contributed by atoms with Crippen LogP contribution in [0.3, 0.4) is 0 Å². The minimum absolute atomic E-state index is 0.209. The molecular weight excluding hydrogens is 320 g/mol. The number of rotatable bonds is 7. The highest BCUT2D eigenvalue weighted by Gasteiger charge is 2.33. The van der Waals surface area contributed by atoms with Gasteiger partial charge >= 0.3 is 0 Å². The van der Waals surface area contributed by atoms with E-state index in [2.05, 4.69) is 41.4 Å². The van der Waals surface area contributed by atoms with Crippen molar-refractivity contribution in [2.24, 2.45) is 5.41 Å². The first-order valence-electron chi connectivity index (χ1n) is 8.81. The summed E-state index contributed by atoms with van der Waals surface area (Å²) in [5, 5.41) is 3.37. The maximum absolute atomic E-state index is 12.1. The molecule has 1 fully saturated rings.